The van der Waals surface area contributed by atoms with E-state index in [4.69, 9.17) is 11.8 Å². The second-order valence-corrected chi connectivity index (χ2v) is 5.93. The van der Waals surface area contributed by atoms with Gasteiger partial charge in [-0.25, -0.2) is 9.37 Å². The standard InChI is InChI=1S/C8H5ClFN3O2S2/c9-13(8-11-5-12-16-8)17(14,15)7-4-2-1-3-6(7)10/h1-5H. The Kier molecular flexibility index (Phi) is 3.27. The molecule has 17 heavy (non-hydrogen) atoms. The Bertz CT molecular complexity index is 617. The fraction of sp³-hybridized carbons (Fsp3) is 0. The Morgan fingerprint density at radius 3 is 2.65 bits per heavy atom. The maximum atomic E-state index is 13.4. The van der Waals surface area contributed by atoms with Crippen LogP contribution in [0.5, 0.6) is 0 Å². The molecule has 0 unspecified atom stereocenters. The van der Waals surface area contributed by atoms with Crippen LogP contribution >= 0.6 is 23.3 Å². The van der Waals surface area contributed by atoms with E-state index in [1.807, 2.05) is 0 Å². The monoisotopic (exact) mass is 293 g/mol. The van der Waals surface area contributed by atoms with Gasteiger partial charge in [0.25, 0.3) is 10.0 Å². The summed E-state index contributed by atoms with van der Waals surface area (Å²) in [5, 5.41) is -0.0464. The van der Waals surface area contributed by atoms with Crippen LogP contribution in [0.25, 0.3) is 0 Å². The molecule has 0 saturated heterocycles. The molecule has 0 spiro atoms. The van der Waals surface area contributed by atoms with Crippen molar-refractivity contribution < 1.29 is 12.8 Å². The first-order valence-corrected chi connectivity index (χ1v) is 6.81. The van der Waals surface area contributed by atoms with Gasteiger partial charge < -0.3 is 0 Å². The van der Waals surface area contributed by atoms with Crippen LogP contribution in [0.2, 0.25) is 0 Å². The van der Waals surface area contributed by atoms with Crippen LogP contribution in [0, 0.1) is 5.82 Å². The molecule has 0 saturated carbocycles. The zero-order valence-electron chi connectivity index (χ0n) is 8.12. The van der Waals surface area contributed by atoms with Gasteiger partial charge in [-0.15, -0.1) is 3.82 Å². The lowest BCUT2D eigenvalue weighted by Crippen LogP contribution is -2.22. The normalized spacial score (nSPS) is 11.4. The average Bonchev–Trinajstić information content (AvgIpc) is 2.81. The SMILES string of the molecule is O=S(=O)(c1ccccc1F)N(Cl)c1ncns1. The fourth-order valence-electron chi connectivity index (χ4n) is 1.09. The van der Waals surface area contributed by atoms with Gasteiger partial charge in [0.2, 0.25) is 5.13 Å². The van der Waals surface area contributed by atoms with E-state index in [1.165, 1.54) is 12.1 Å². The number of anilines is 1. The van der Waals surface area contributed by atoms with Crippen molar-refractivity contribution >= 4 is 38.5 Å². The summed E-state index contributed by atoms with van der Waals surface area (Å²) in [5.74, 6) is -0.873. The smallest absolute Gasteiger partial charge is 0.205 e. The molecule has 90 valence electrons. The van der Waals surface area contributed by atoms with Crippen LogP contribution in [0.4, 0.5) is 9.52 Å². The molecule has 0 atom stereocenters. The molecule has 1 heterocycles. The van der Waals surface area contributed by atoms with E-state index < -0.39 is 20.7 Å². The van der Waals surface area contributed by atoms with Crippen molar-refractivity contribution in [2.75, 3.05) is 3.82 Å². The van der Waals surface area contributed by atoms with Crippen LogP contribution in [-0.2, 0) is 10.0 Å². The highest BCUT2D eigenvalue weighted by Gasteiger charge is 2.28. The van der Waals surface area contributed by atoms with E-state index in [2.05, 4.69) is 9.36 Å². The summed E-state index contributed by atoms with van der Waals surface area (Å²) in [6.45, 7) is 0. The molecule has 2 aromatic rings. The summed E-state index contributed by atoms with van der Waals surface area (Å²) in [6, 6.07) is 4.96. The fourth-order valence-corrected chi connectivity index (χ4v) is 3.18. The second-order valence-electron chi connectivity index (χ2n) is 2.87. The molecule has 0 fully saturated rings. The zero-order valence-corrected chi connectivity index (χ0v) is 10.5. The van der Waals surface area contributed by atoms with E-state index in [-0.39, 0.29) is 5.13 Å². The van der Waals surface area contributed by atoms with Crippen LogP contribution in [0.1, 0.15) is 0 Å². The number of sulfonamides is 1. The second kappa shape index (κ2) is 4.55. The summed E-state index contributed by atoms with van der Waals surface area (Å²) in [7, 11) is -4.16. The van der Waals surface area contributed by atoms with Crippen molar-refractivity contribution in [1.82, 2.24) is 9.36 Å². The zero-order chi connectivity index (χ0) is 12.5. The van der Waals surface area contributed by atoms with Crippen LogP contribution in [-0.4, -0.2) is 17.8 Å². The summed E-state index contributed by atoms with van der Waals surface area (Å²) in [4.78, 5) is 3.13. The van der Waals surface area contributed by atoms with Gasteiger partial charge in [-0.2, -0.15) is 12.8 Å². The molecule has 1 aromatic carbocycles. The minimum atomic E-state index is -4.16. The minimum absolute atomic E-state index is 0.0464. The molecule has 0 amide bonds. The molecule has 0 N–H and O–H groups in total. The number of benzene rings is 1. The first-order valence-electron chi connectivity index (χ1n) is 4.26. The Hall–Kier alpha value is -1.25. The van der Waals surface area contributed by atoms with Gasteiger partial charge in [0.1, 0.15) is 17.0 Å². The van der Waals surface area contributed by atoms with E-state index >= 15 is 0 Å². The van der Waals surface area contributed by atoms with Gasteiger partial charge in [0.15, 0.2) is 0 Å². The van der Waals surface area contributed by atoms with Gasteiger partial charge in [-0.05, 0) is 12.1 Å². The highest BCUT2D eigenvalue weighted by atomic mass is 35.5. The molecular formula is C8H5ClFN3O2S2. The minimum Gasteiger partial charge on any atom is -0.205 e. The molecule has 0 aliphatic carbocycles. The Morgan fingerprint density at radius 1 is 1.35 bits per heavy atom. The first kappa shape index (κ1) is 12.2. The van der Waals surface area contributed by atoms with Crippen molar-refractivity contribution in [3.63, 3.8) is 0 Å². The average molecular weight is 294 g/mol. The third-order valence-corrected chi connectivity index (χ3v) is 4.88. The van der Waals surface area contributed by atoms with Crippen LogP contribution < -0.4 is 3.82 Å². The highest BCUT2D eigenvalue weighted by molar-refractivity contribution is 7.94. The number of hydrogen-bond donors (Lipinski definition) is 0. The van der Waals surface area contributed by atoms with Gasteiger partial charge in [-0.1, -0.05) is 12.1 Å². The number of nitrogens with zero attached hydrogens (tertiary/aromatic N) is 3. The van der Waals surface area contributed by atoms with E-state index in [1.54, 1.807) is 0 Å². The van der Waals surface area contributed by atoms with Crippen molar-refractivity contribution in [3.05, 3.63) is 36.4 Å². The van der Waals surface area contributed by atoms with E-state index in [9.17, 15) is 12.8 Å². The van der Waals surface area contributed by atoms with Crippen molar-refractivity contribution in [2.24, 2.45) is 0 Å². The maximum absolute atomic E-state index is 13.4. The van der Waals surface area contributed by atoms with Crippen molar-refractivity contribution in [1.29, 1.82) is 0 Å². The predicted molar refractivity (Wildman–Crippen MR) is 61.8 cm³/mol. The Labute approximate surface area is 106 Å². The third kappa shape index (κ3) is 2.24. The number of halogens is 2. The summed E-state index contributed by atoms with van der Waals surface area (Å²) in [5.41, 5.74) is 0. The van der Waals surface area contributed by atoms with Gasteiger partial charge in [-0.3, -0.25) is 0 Å². The van der Waals surface area contributed by atoms with Crippen LogP contribution in [0.15, 0.2) is 35.5 Å². The molecule has 0 bridgehead atoms. The molecule has 0 aliphatic rings. The van der Waals surface area contributed by atoms with E-state index in [0.29, 0.717) is 3.82 Å². The predicted octanol–water partition coefficient (Wildman–Crippen LogP) is 2.03. The maximum Gasteiger partial charge on any atom is 0.283 e. The molecule has 0 radical (unpaired) electrons. The van der Waals surface area contributed by atoms with Crippen LogP contribution in [0.3, 0.4) is 0 Å². The van der Waals surface area contributed by atoms with Gasteiger partial charge in [0, 0.05) is 23.3 Å². The third-order valence-electron chi connectivity index (χ3n) is 1.83. The van der Waals surface area contributed by atoms with Crippen molar-refractivity contribution in [3.8, 4) is 0 Å². The topological polar surface area (TPSA) is 63.2 Å². The number of rotatable bonds is 3. The lowest BCUT2D eigenvalue weighted by Gasteiger charge is -2.12. The summed E-state index contributed by atoms with van der Waals surface area (Å²) < 4.78 is 41.3. The van der Waals surface area contributed by atoms with Gasteiger partial charge >= 0.3 is 0 Å². The molecule has 5 nitrogen and oxygen atoms in total. The molecule has 0 aliphatic heterocycles. The Balaban J connectivity index is 2.48. The lowest BCUT2D eigenvalue weighted by molar-refractivity contribution is 0.568. The summed E-state index contributed by atoms with van der Waals surface area (Å²) in [6.07, 6.45) is 1.16. The molecular weight excluding hydrogens is 289 g/mol. The molecule has 1 aromatic heterocycles. The van der Waals surface area contributed by atoms with Gasteiger partial charge in [0.05, 0.1) is 0 Å². The largest absolute Gasteiger partial charge is 0.283 e. The quantitative estimate of drug-likeness (QED) is 0.812. The lowest BCUT2D eigenvalue weighted by atomic mass is 10.4. The highest BCUT2D eigenvalue weighted by Crippen LogP contribution is 2.27. The van der Waals surface area contributed by atoms with E-state index in [0.717, 1.165) is 30.0 Å². The number of hydrogen-bond acceptors (Lipinski definition) is 5. The first-order chi connectivity index (χ1) is 8.03. The van der Waals surface area contributed by atoms with Crippen molar-refractivity contribution in [2.45, 2.75) is 4.90 Å². The molecule has 9 heteroatoms. The number of aromatic nitrogens is 2. The summed E-state index contributed by atoms with van der Waals surface area (Å²) >= 11 is 6.42. The molecule has 2 rings (SSSR count). The Morgan fingerprint density at radius 2 is 2.06 bits per heavy atom.